The van der Waals surface area contributed by atoms with E-state index in [1.165, 1.54) is 14.2 Å². The van der Waals surface area contributed by atoms with Crippen molar-refractivity contribution in [1.29, 1.82) is 0 Å². The van der Waals surface area contributed by atoms with Crippen molar-refractivity contribution in [2.75, 3.05) is 14.2 Å². The standard InChI is InChI=1S/C11H10O4/c1-14-9-4-5-10(15-2)8(7-9)3-6-11(12)13/h4-5,7H,1-2H3,(H,12,13). The van der Waals surface area contributed by atoms with Gasteiger partial charge < -0.3 is 14.6 Å². The second-order valence-electron chi connectivity index (χ2n) is 2.62. The largest absolute Gasteiger partial charge is 0.497 e. The van der Waals surface area contributed by atoms with E-state index in [4.69, 9.17) is 14.6 Å². The van der Waals surface area contributed by atoms with Crippen LogP contribution in [0.1, 0.15) is 5.56 Å². The second kappa shape index (κ2) is 4.91. The van der Waals surface area contributed by atoms with Crippen LogP contribution >= 0.6 is 0 Å². The number of aliphatic carboxylic acids is 1. The fourth-order valence-electron chi connectivity index (χ4n) is 1.03. The first-order valence-electron chi connectivity index (χ1n) is 4.14. The molecule has 1 aromatic carbocycles. The molecule has 0 aliphatic carbocycles. The van der Waals surface area contributed by atoms with E-state index in [0.29, 0.717) is 17.1 Å². The molecule has 0 fully saturated rings. The van der Waals surface area contributed by atoms with Crippen molar-refractivity contribution < 1.29 is 19.4 Å². The van der Waals surface area contributed by atoms with Crippen LogP contribution in [0.3, 0.4) is 0 Å². The van der Waals surface area contributed by atoms with Crippen LogP contribution in [0.2, 0.25) is 0 Å². The lowest BCUT2D eigenvalue weighted by molar-refractivity contribution is -0.130. The number of carbonyl (C=O) groups is 1. The summed E-state index contributed by atoms with van der Waals surface area (Å²) in [6.07, 6.45) is 0. The highest BCUT2D eigenvalue weighted by Crippen LogP contribution is 2.22. The van der Waals surface area contributed by atoms with Crippen molar-refractivity contribution in [2.24, 2.45) is 0 Å². The summed E-state index contributed by atoms with van der Waals surface area (Å²) in [6, 6.07) is 5.00. The van der Waals surface area contributed by atoms with Gasteiger partial charge in [0.1, 0.15) is 11.5 Å². The number of methoxy groups -OCH3 is 2. The van der Waals surface area contributed by atoms with E-state index in [1.807, 2.05) is 5.92 Å². The van der Waals surface area contributed by atoms with Crippen LogP contribution < -0.4 is 9.47 Å². The van der Waals surface area contributed by atoms with Crippen LogP contribution in [0.25, 0.3) is 0 Å². The molecular weight excluding hydrogens is 196 g/mol. The molecule has 1 aromatic rings. The second-order valence-corrected chi connectivity index (χ2v) is 2.62. The van der Waals surface area contributed by atoms with Gasteiger partial charge in [0.15, 0.2) is 0 Å². The molecule has 0 radical (unpaired) electrons. The fraction of sp³-hybridized carbons (Fsp3) is 0.182. The van der Waals surface area contributed by atoms with Crippen molar-refractivity contribution in [1.82, 2.24) is 0 Å². The molecule has 1 rings (SSSR count). The van der Waals surface area contributed by atoms with Gasteiger partial charge in [-0.15, -0.1) is 0 Å². The smallest absolute Gasteiger partial charge is 0.382 e. The van der Waals surface area contributed by atoms with E-state index < -0.39 is 5.97 Å². The molecule has 0 aromatic heterocycles. The normalized spacial score (nSPS) is 8.67. The maximum absolute atomic E-state index is 10.3. The number of ether oxygens (including phenoxy) is 2. The molecule has 0 amide bonds. The zero-order valence-corrected chi connectivity index (χ0v) is 8.40. The van der Waals surface area contributed by atoms with Crippen molar-refractivity contribution >= 4 is 5.97 Å². The molecule has 78 valence electrons. The van der Waals surface area contributed by atoms with E-state index in [0.717, 1.165) is 0 Å². The molecule has 4 nitrogen and oxygen atoms in total. The molecule has 0 heterocycles. The summed E-state index contributed by atoms with van der Waals surface area (Å²) in [6.45, 7) is 0. The summed E-state index contributed by atoms with van der Waals surface area (Å²) < 4.78 is 10.0. The molecule has 0 aliphatic rings. The average molecular weight is 206 g/mol. The average Bonchev–Trinajstić information content (AvgIpc) is 2.25. The Morgan fingerprint density at radius 2 is 2.07 bits per heavy atom. The van der Waals surface area contributed by atoms with Crippen molar-refractivity contribution in [3.8, 4) is 23.3 Å². The SMILES string of the molecule is COc1ccc(OC)c(C#CC(=O)O)c1. The summed E-state index contributed by atoms with van der Waals surface area (Å²) in [5.74, 6) is 4.44. The minimum Gasteiger partial charge on any atom is -0.497 e. The Morgan fingerprint density at radius 1 is 1.33 bits per heavy atom. The zero-order valence-electron chi connectivity index (χ0n) is 8.40. The van der Waals surface area contributed by atoms with Gasteiger partial charge in [-0.05, 0) is 18.2 Å². The Labute approximate surface area is 87.4 Å². The van der Waals surface area contributed by atoms with Gasteiger partial charge in [-0.1, -0.05) is 5.92 Å². The number of hydrogen-bond acceptors (Lipinski definition) is 3. The Morgan fingerprint density at radius 3 is 2.60 bits per heavy atom. The molecule has 0 bridgehead atoms. The van der Waals surface area contributed by atoms with E-state index in [2.05, 4.69) is 5.92 Å². The molecular formula is C11H10O4. The van der Waals surface area contributed by atoms with Gasteiger partial charge in [-0.25, -0.2) is 4.79 Å². The third kappa shape index (κ3) is 2.92. The fourth-order valence-corrected chi connectivity index (χ4v) is 1.03. The lowest BCUT2D eigenvalue weighted by atomic mass is 10.2. The molecule has 0 aliphatic heterocycles. The first-order chi connectivity index (χ1) is 7.17. The summed E-state index contributed by atoms with van der Waals surface area (Å²) >= 11 is 0. The third-order valence-corrected chi connectivity index (χ3v) is 1.71. The van der Waals surface area contributed by atoms with Gasteiger partial charge in [-0.2, -0.15) is 0 Å². The molecule has 0 saturated carbocycles. The minimum atomic E-state index is -1.18. The van der Waals surface area contributed by atoms with Gasteiger partial charge in [-0.3, -0.25) is 0 Å². The van der Waals surface area contributed by atoms with Crippen LogP contribution in [0.15, 0.2) is 18.2 Å². The van der Waals surface area contributed by atoms with Crippen LogP contribution in [-0.4, -0.2) is 25.3 Å². The van der Waals surface area contributed by atoms with Crippen molar-refractivity contribution in [3.63, 3.8) is 0 Å². The van der Waals surface area contributed by atoms with Gasteiger partial charge in [0.25, 0.3) is 0 Å². The zero-order chi connectivity index (χ0) is 11.3. The summed E-state index contributed by atoms with van der Waals surface area (Å²) in [5, 5.41) is 8.42. The number of carboxylic acid groups (broad SMARTS) is 1. The Bertz CT molecular complexity index is 426. The molecule has 0 spiro atoms. The lowest BCUT2D eigenvalue weighted by Crippen LogP contribution is -1.92. The maximum Gasteiger partial charge on any atom is 0.382 e. The van der Waals surface area contributed by atoms with Crippen LogP contribution in [0, 0.1) is 11.8 Å². The first kappa shape index (κ1) is 10.9. The van der Waals surface area contributed by atoms with Crippen molar-refractivity contribution in [3.05, 3.63) is 23.8 Å². The lowest BCUT2D eigenvalue weighted by Gasteiger charge is -2.05. The highest BCUT2D eigenvalue weighted by Gasteiger charge is 2.02. The molecule has 15 heavy (non-hydrogen) atoms. The Balaban J connectivity index is 3.13. The molecule has 1 N–H and O–H groups in total. The molecule has 4 heteroatoms. The quantitative estimate of drug-likeness (QED) is 0.737. The minimum absolute atomic E-state index is 0.485. The maximum atomic E-state index is 10.3. The monoisotopic (exact) mass is 206 g/mol. The van der Waals surface area contributed by atoms with E-state index in [1.54, 1.807) is 18.2 Å². The molecule has 0 atom stereocenters. The van der Waals surface area contributed by atoms with Gasteiger partial charge in [0.05, 0.1) is 19.8 Å². The predicted octanol–water partition coefficient (Wildman–Crippen LogP) is 1.14. The Kier molecular flexibility index (Phi) is 3.58. The summed E-state index contributed by atoms with van der Waals surface area (Å²) in [5.41, 5.74) is 0.485. The number of carboxylic acids is 1. The number of hydrogen-bond donors (Lipinski definition) is 1. The van der Waals surface area contributed by atoms with Crippen molar-refractivity contribution in [2.45, 2.75) is 0 Å². The topological polar surface area (TPSA) is 55.8 Å². The van der Waals surface area contributed by atoms with Crippen LogP contribution in [0.4, 0.5) is 0 Å². The van der Waals surface area contributed by atoms with Gasteiger partial charge in [0.2, 0.25) is 0 Å². The van der Waals surface area contributed by atoms with Crippen LogP contribution in [0.5, 0.6) is 11.5 Å². The highest BCUT2D eigenvalue weighted by atomic mass is 16.5. The van der Waals surface area contributed by atoms with E-state index in [9.17, 15) is 4.79 Å². The third-order valence-electron chi connectivity index (χ3n) is 1.71. The molecule has 0 unspecified atom stereocenters. The van der Waals surface area contributed by atoms with Crippen LogP contribution in [-0.2, 0) is 4.79 Å². The van der Waals surface area contributed by atoms with E-state index >= 15 is 0 Å². The number of rotatable bonds is 2. The molecule has 0 saturated heterocycles. The number of benzene rings is 1. The first-order valence-corrected chi connectivity index (χ1v) is 4.14. The van der Waals surface area contributed by atoms with E-state index in [-0.39, 0.29) is 0 Å². The van der Waals surface area contributed by atoms with Gasteiger partial charge in [0, 0.05) is 5.92 Å². The van der Waals surface area contributed by atoms with Gasteiger partial charge >= 0.3 is 5.97 Å². The summed E-state index contributed by atoms with van der Waals surface area (Å²) in [4.78, 5) is 10.3. The highest BCUT2D eigenvalue weighted by molar-refractivity contribution is 5.87. The Hall–Kier alpha value is -2.15. The predicted molar refractivity (Wildman–Crippen MR) is 54.1 cm³/mol. The summed E-state index contributed by atoms with van der Waals surface area (Å²) in [7, 11) is 3.02.